The molecule has 6 nitrogen and oxygen atoms in total. The van der Waals surface area contributed by atoms with Gasteiger partial charge in [-0.05, 0) is 98.4 Å². The van der Waals surface area contributed by atoms with Crippen molar-refractivity contribution >= 4 is 40.5 Å². The molecule has 0 radical (unpaired) electrons. The molecule has 194 valence electrons. The fraction of sp³-hybridized carbons (Fsp3) is 0.207. The molecular weight excluding hydrogens is 521 g/mol. The molecule has 5 rings (SSSR count). The fourth-order valence-corrected chi connectivity index (χ4v) is 5.50. The molecule has 0 aliphatic carbocycles. The van der Waals surface area contributed by atoms with Gasteiger partial charge in [-0.3, -0.25) is 9.78 Å². The lowest BCUT2D eigenvalue weighted by atomic mass is 9.96. The third-order valence-electron chi connectivity index (χ3n) is 6.78. The average Bonchev–Trinajstić information content (AvgIpc) is 3.39. The second kappa shape index (κ2) is 10.9. The SMILES string of the molecule is Cc1cc([C@@H]2[C@@H](c3ccccn3)NC(=S)N2CCC(=O)Nc2ccc(F)cc2)c(C)n1-c1ccc(Cl)cc1. The zero-order valence-electron chi connectivity index (χ0n) is 21.0. The van der Waals surface area contributed by atoms with Crippen LogP contribution in [0.5, 0.6) is 0 Å². The second-order valence-electron chi connectivity index (χ2n) is 9.26. The van der Waals surface area contributed by atoms with Gasteiger partial charge in [-0.2, -0.15) is 0 Å². The molecule has 1 aliphatic rings. The minimum atomic E-state index is -0.351. The van der Waals surface area contributed by atoms with Crippen LogP contribution in [0.2, 0.25) is 5.02 Å². The van der Waals surface area contributed by atoms with Gasteiger partial charge >= 0.3 is 0 Å². The normalized spacial score (nSPS) is 16.9. The molecule has 2 aromatic heterocycles. The molecule has 0 unspecified atom stereocenters. The highest BCUT2D eigenvalue weighted by molar-refractivity contribution is 7.80. The van der Waals surface area contributed by atoms with Crippen molar-refractivity contribution in [2.24, 2.45) is 0 Å². The summed E-state index contributed by atoms with van der Waals surface area (Å²) in [5, 5.41) is 7.53. The number of carbonyl (C=O) groups is 1. The minimum Gasteiger partial charge on any atom is -0.352 e. The number of hydrogen-bond donors (Lipinski definition) is 2. The average molecular weight is 548 g/mol. The lowest BCUT2D eigenvalue weighted by Crippen LogP contribution is -2.32. The number of pyridine rings is 1. The molecule has 38 heavy (non-hydrogen) atoms. The van der Waals surface area contributed by atoms with Crippen molar-refractivity contribution in [3.05, 3.63) is 112 Å². The molecule has 9 heteroatoms. The first-order valence-electron chi connectivity index (χ1n) is 12.3. The van der Waals surface area contributed by atoms with Crippen LogP contribution in [0.4, 0.5) is 10.1 Å². The third kappa shape index (κ3) is 5.28. The predicted octanol–water partition coefficient (Wildman–Crippen LogP) is 6.28. The van der Waals surface area contributed by atoms with Gasteiger partial charge in [0.1, 0.15) is 5.82 Å². The number of nitrogens with one attached hydrogen (secondary N) is 2. The summed E-state index contributed by atoms with van der Waals surface area (Å²) in [4.78, 5) is 19.4. The smallest absolute Gasteiger partial charge is 0.226 e. The number of benzene rings is 2. The topological polar surface area (TPSA) is 62.2 Å². The van der Waals surface area contributed by atoms with E-state index in [1.807, 2.05) is 42.5 Å². The molecule has 4 aromatic rings. The first-order chi connectivity index (χ1) is 18.3. The van der Waals surface area contributed by atoms with Gasteiger partial charge < -0.3 is 20.1 Å². The molecular formula is C29H27ClFN5OS. The molecule has 0 saturated carbocycles. The van der Waals surface area contributed by atoms with E-state index in [1.165, 1.54) is 12.1 Å². The van der Waals surface area contributed by atoms with Crippen molar-refractivity contribution in [3.63, 3.8) is 0 Å². The summed E-state index contributed by atoms with van der Waals surface area (Å²) in [5.74, 6) is -0.526. The molecule has 0 spiro atoms. The van der Waals surface area contributed by atoms with E-state index >= 15 is 0 Å². The number of rotatable bonds is 7. The van der Waals surface area contributed by atoms with E-state index in [2.05, 4.69) is 45.0 Å². The van der Waals surface area contributed by atoms with E-state index in [1.54, 1.807) is 18.3 Å². The zero-order chi connectivity index (χ0) is 26.8. The number of aryl methyl sites for hydroxylation is 1. The third-order valence-corrected chi connectivity index (χ3v) is 7.38. The van der Waals surface area contributed by atoms with Gasteiger partial charge in [0, 0.05) is 46.9 Å². The van der Waals surface area contributed by atoms with Crippen LogP contribution in [0.25, 0.3) is 5.69 Å². The molecule has 1 saturated heterocycles. The quantitative estimate of drug-likeness (QED) is 0.267. The zero-order valence-corrected chi connectivity index (χ0v) is 22.6. The monoisotopic (exact) mass is 547 g/mol. The Kier molecular flexibility index (Phi) is 7.44. The number of anilines is 1. The molecule has 2 aromatic carbocycles. The largest absolute Gasteiger partial charge is 0.352 e. The molecule has 1 fully saturated rings. The van der Waals surface area contributed by atoms with Crippen LogP contribution >= 0.6 is 23.8 Å². The van der Waals surface area contributed by atoms with Gasteiger partial charge in [-0.15, -0.1) is 0 Å². The Morgan fingerprint density at radius 2 is 1.84 bits per heavy atom. The molecule has 0 bridgehead atoms. The van der Waals surface area contributed by atoms with Crippen LogP contribution in [-0.2, 0) is 4.79 Å². The van der Waals surface area contributed by atoms with Crippen molar-refractivity contribution in [1.29, 1.82) is 0 Å². The Morgan fingerprint density at radius 1 is 1.11 bits per heavy atom. The first kappa shape index (κ1) is 25.9. The number of amides is 1. The van der Waals surface area contributed by atoms with E-state index in [9.17, 15) is 9.18 Å². The van der Waals surface area contributed by atoms with Crippen molar-refractivity contribution in [3.8, 4) is 5.69 Å². The number of halogens is 2. The lowest BCUT2D eigenvalue weighted by Gasteiger charge is -2.28. The highest BCUT2D eigenvalue weighted by atomic mass is 35.5. The number of carbonyl (C=O) groups excluding carboxylic acids is 1. The Labute approximate surface area is 231 Å². The number of nitrogens with zero attached hydrogens (tertiary/aromatic N) is 3. The fourth-order valence-electron chi connectivity index (χ4n) is 5.04. The standard InChI is InChI=1S/C29H27ClFN5OS/c1-18-17-24(19(2)36(18)23-12-6-20(30)7-13-23)28-27(25-5-3-4-15-32-25)34-29(38)35(28)16-14-26(37)33-22-10-8-21(31)9-11-22/h3-13,15,17,27-28H,14,16H2,1-2H3,(H,33,37)(H,34,38)/t27-,28-/m1/s1. The van der Waals surface area contributed by atoms with Gasteiger partial charge in [0.05, 0.1) is 17.8 Å². The number of hydrogen-bond acceptors (Lipinski definition) is 3. The molecule has 1 amide bonds. The van der Waals surface area contributed by atoms with Crippen LogP contribution in [0, 0.1) is 19.7 Å². The molecule has 3 heterocycles. The van der Waals surface area contributed by atoms with Crippen LogP contribution in [0.15, 0.2) is 79.0 Å². The van der Waals surface area contributed by atoms with Gasteiger partial charge in [-0.1, -0.05) is 17.7 Å². The van der Waals surface area contributed by atoms with E-state index in [-0.39, 0.29) is 30.2 Å². The maximum absolute atomic E-state index is 13.2. The maximum Gasteiger partial charge on any atom is 0.226 e. The number of thiocarbonyl (C=S) groups is 1. The summed E-state index contributed by atoms with van der Waals surface area (Å²) in [6.07, 6.45) is 1.98. The van der Waals surface area contributed by atoms with Gasteiger partial charge in [0.15, 0.2) is 5.11 Å². The van der Waals surface area contributed by atoms with E-state index in [0.29, 0.717) is 22.4 Å². The molecule has 2 N–H and O–H groups in total. The second-order valence-corrected chi connectivity index (χ2v) is 10.1. The van der Waals surface area contributed by atoms with E-state index in [4.69, 9.17) is 23.8 Å². The van der Waals surface area contributed by atoms with Gasteiger partial charge in [-0.25, -0.2) is 4.39 Å². The van der Waals surface area contributed by atoms with Crippen molar-refractivity contribution in [2.45, 2.75) is 32.4 Å². The Balaban J connectivity index is 1.46. The van der Waals surface area contributed by atoms with Crippen LogP contribution < -0.4 is 10.6 Å². The summed E-state index contributed by atoms with van der Waals surface area (Å²) in [6, 6.07) is 21.1. The molecule has 1 aliphatic heterocycles. The van der Waals surface area contributed by atoms with Crippen LogP contribution in [0.1, 0.15) is 41.1 Å². The maximum atomic E-state index is 13.2. The summed E-state index contributed by atoms with van der Waals surface area (Å²) in [6.45, 7) is 4.56. The highest BCUT2D eigenvalue weighted by Gasteiger charge is 2.41. The van der Waals surface area contributed by atoms with E-state index in [0.717, 1.165) is 28.3 Å². The van der Waals surface area contributed by atoms with Crippen molar-refractivity contribution in [1.82, 2.24) is 19.8 Å². The Hall–Kier alpha value is -3.75. The van der Waals surface area contributed by atoms with Gasteiger partial charge in [0.2, 0.25) is 5.91 Å². The highest BCUT2D eigenvalue weighted by Crippen LogP contribution is 2.41. The summed E-state index contributed by atoms with van der Waals surface area (Å²) in [5.41, 5.74) is 5.68. The summed E-state index contributed by atoms with van der Waals surface area (Å²) in [7, 11) is 0. The Morgan fingerprint density at radius 3 is 2.53 bits per heavy atom. The minimum absolute atomic E-state index is 0.175. The van der Waals surface area contributed by atoms with Crippen LogP contribution in [0.3, 0.4) is 0 Å². The summed E-state index contributed by atoms with van der Waals surface area (Å²) < 4.78 is 15.4. The van der Waals surface area contributed by atoms with Gasteiger partial charge in [0.25, 0.3) is 0 Å². The Bertz CT molecular complexity index is 1460. The lowest BCUT2D eigenvalue weighted by molar-refractivity contribution is -0.116. The van der Waals surface area contributed by atoms with Crippen molar-refractivity contribution < 1.29 is 9.18 Å². The predicted molar refractivity (Wildman–Crippen MR) is 152 cm³/mol. The summed E-state index contributed by atoms with van der Waals surface area (Å²) >= 11 is 11.9. The van der Waals surface area contributed by atoms with Crippen molar-refractivity contribution in [2.75, 3.05) is 11.9 Å². The van der Waals surface area contributed by atoms with Crippen LogP contribution in [-0.4, -0.2) is 32.0 Å². The molecule has 2 atom stereocenters. The number of aromatic nitrogens is 2. The van der Waals surface area contributed by atoms with E-state index < -0.39 is 0 Å². The first-order valence-corrected chi connectivity index (χ1v) is 13.1.